The summed E-state index contributed by atoms with van der Waals surface area (Å²) < 4.78 is 0. The van der Waals surface area contributed by atoms with Crippen LogP contribution in [0.5, 0.6) is 0 Å². The predicted molar refractivity (Wildman–Crippen MR) is 40.5 cm³/mol. The van der Waals surface area contributed by atoms with Crippen molar-refractivity contribution in [1.29, 1.82) is 0 Å². The zero-order chi connectivity index (χ0) is 7.40. The standard InChI is InChI=1S/C8H13NO/c1-2-5-9-6-3-4-8(9)7-10/h1,8,10H,3-7H2. The molecule has 2 nitrogen and oxygen atoms in total. The molecule has 2 heteroatoms. The molecule has 1 aliphatic rings. The number of hydrogen-bond donors (Lipinski definition) is 1. The highest BCUT2D eigenvalue weighted by molar-refractivity contribution is 4.92. The Morgan fingerprint density at radius 2 is 2.50 bits per heavy atom. The lowest BCUT2D eigenvalue weighted by molar-refractivity contribution is 0.171. The largest absolute Gasteiger partial charge is 0.395 e. The first kappa shape index (κ1) is 7.59. The Labute approximate surface area is 61.8 Å². The van der Waals surface area contributed by atoms with Crippen LogP contribution in [-0.2, 0) is 0 Å². The molecule has 1 fully saturated rings. The fraction of sp³-hybridized carbons (Fsp3) is 0.750. The Bertz CT molecular complexity index is 139. The van der Waals surface area contributed by atoms with E-state index in [2.05, 4.69) is 10.8 Å². The molecule has 56 valence electrons. The molecule has 0 bridgehead atoms. The Morgan fingerprint density at radius 3 is 3.10 bits per heavy atom. The smallest absolute Gasteiger partial charge is 0.0602 e. The van der Waals surface area contributed by atoms with Crippen molar-refractivity contribution >= 4 is 0 Å². The van der Waals surface area contributed by atoms with Gasteiger partial charge in [-0.25, -0.2) is 0 Å². The van der Waals surface area contributed by atoms with E-state index in [1.165, 1.54) is 6.42 Å². The van der Waals surface area contributed by atoms with Crippen LogP contribution < -0.4 is 0 Å². The van der Waals surface area contributed by atoms with Crippen LogP contribution in [0.1, 0.15) is 12.8 Å². The number of rotatable bonds is 2. The third-order valence-corrected chi connectivity index (χ3v) is 2.00. The third-order valence-electron chi connectivity index (χ3n) is 2.00. The maximum atomic E-state index is 8.85. The molecular weight excluding hydrogens is 126 g/mol. The van der Waals surface area contributed by atoms with E-state index in [0.717, 1.165) is 13.0 Å². The van der Waals surface area contributed by atoms with E-state index in [4.69, 9.17) is 11.5 Å². The molecular formula is C8H13NO. The molecule has 0 saturated carbocycles. The SMILES string of the molecule is C#CCN1CCCC1CO. The molecule has 0 aromatic carbocycles. The Balaban J connectivity index is 2.36. The van der Waals surface area contributed by atoms with Crippen LogP contribution in [-0.4, -0.2) is 35.7 Å². The van der Waals surface area contributed by atoms with E-state index in [1.54, 1.807) is 0 Å². The molecule has 1 aliphatic heterocycles. The van der Waals surface area contributed by atoms with E-state index in [0.29, 0.717) is 12.6 Å². The van der Waals surface area contributed by atoms with Gasteiger partial charge in [-0.05, 0) is 19.4 Å². The van der Waals surface area contributed by atoms with Gasteiger partial charge >= 0.3 is 0 Å². The topological polar surface area (TPSA) is 23.5 Å². The van der Waals surface area contributed by atoms with Gasteiger partial charge in [0.2, 0.25) is 0 Å². The van der Waals surface area contributed by atoms with Gasteiger partial charge in [0.1, 0.15) is 0 Å². The van der Waals surface area contributed by atoms with Gasteiger partial charge < -0.3 is 5.11 Å². The number of aliphatic hydroxyl groups excluding tert-OH is 1. The molecule has 1 atom stereocenters. The minimum absolute atomic E-state index is 0.252. The fourth-order valence-corrected chi connectivity index (χ4v) is 1.43. The Kier molecular flexibility index (Phi) is 2.73. The van der Waals surface area contributed by atoms with Gasteiger partial charge in [0.15, 0.2) is 0 Å². The zero-order valence-corrected chi connectivity index (χ0v) is 6.08. The van der Waals surface area contributed by atoms with E-state index < -0.39 is 0 Å². The monoisotopic (exact) mass is 139 g/mol. The van der Waals surface area contributed by atoms with Crippen LogP contribution in [0.15, 0.2) is 0 Å². The fourth-order valence-electron chi connectivity index (χ4n) is 1.43. The van der Waals surface area contributed by atoms with Gasteiger partial charge in [-0.15, -0.1) is 6.42 Å². The van der Waals surface area contributed by atoms with Gasteiger partial charge in [-0.1, -0.05) is 5.92 Å². The number of aliphatic hydroxyl groups is 1. The first-order valence-corrected chi connectivity index (χ1v) is 3.67. The summed E-state index contributed by atoms with van der Waals surface area (Å²) in [6, 6.07) is 0.330. The number of nitrogens with zero attached hydrogens (tertiary/aromatic N) is 1. The summed E-state index contributed by atoms with van der Waals surface area (Å²) in [4.78, 5) is 2.15. The van der Waals surface area contributed by atoms with E-state index in [1.807, 2.05) is 0 Å². The average molecular weight is 139 g/mol. The molecule has 0 aliphatic carbocycles. The minimum Gasteiger partial charge on any atom is -0.395 e. The van der Waals surface area contributed by atoms with Crippen LogP contribution in [0.3, 0.4) is 0 Å². The van der Waals surface area contributed by atoms with Crippen LogP contribution in [0.4, 0.5) is 0 Å². The van der Waals surface area contributed by atoms with Crippen molar-refractivity contribution in [3.05, 3.63) is 0 Å². The van der Waals surface area contributed by atoms with Gasteiger partial charge in [0.05, 0.1) is 13.2 Å². The average Bonchev–Trinajstić information content (AvgIpc) is 2.36. The number of likely N-dealkylation sites (tertiary alicyclic amines) is 1. The number of terminal acetylenes is 1. The molecule has 10 heavy (non-hydrogen) atoms. The molecule has 0 amide bonds. The highest BCUT2D eigenvalue weighted by Crippen LogP contribution is 2.14. The first-order chi connectivity index (χ1) is 4.88. The van der Waals surface area contributed by atoms with E-state index in [-0.39, 0.29) is 6.61 Å². The molecule has 0 spiro atoms. The van der Waals surface area contributed by atoms with Gasteiger partial charge in [-0.2, -0.15) is 0 Å². The van der Waals surface area contributed by atoms with Gasteiger partial charge in [-0.3, -0.25) is 4.90 Å². The number of hydrogen-bond acceptors (Lipinski definition) is 2. The van der Waals surface area contributed by atoms with Crippen molar-refractivity contribution in [2.75, 3.05) is 19.7 Å². The molecule has 0 radical (unpaired) electrons. The third kappa shape index (κ3) is 1.50. The summed E-state index contributed by atoms with van der Waals surface area (Å²) in [7, 11) is 0. The zero-order valence-electron chi connectivity index (χ0n) is 6.08. The highest BCUT2D eigenvalue weighted by atomic mass is 16.3. The summed E-state index contributed by atoms with van der Waals surface area (Å²) in [6.07, 6.45) is 7.42. The van der Waals surface area contributed by atoms with Crippen molar-refractivity contribution in [3.63, 3.8) is 0 Å². The second kappa shape index (κ2) is 3.60. The van der Waals surface area contributed by atoms with Crippen molar-refractivity contribution in [2.45, 2.75) is 18.9 Å². The van der Waals surface area contributed by atoms with Crippen molar-refractivity contribution < 1.29 is 5.11 Å². The lowest BCUT2D eigenvalue weighted by Gasteiger charge is -2.19. The van der Waals surface area contributed by atoms with Gasteiger partial charge in [0, 0.05) is 6.04 Å². The Morgan fingerprint density at radius 1 is 1.70 bits per heavy atom. The van der Waals surface area contributed by atoms with E-state index in [9.17, 15) is 0 Å². The summed E-state index contributed by atoms with van der Waals surface area (Å²) >= 11 is 0. The lowest BCUT2D eigenvalue weighted by Crippen LogP contribution is -2.32. The molecule has 1 N–H and O–H groups in total. The Hall–Kier alpha value is -0.520. The maximum absolute atomic E-state index is 8.85. The van der Waals surface area contributed by atoms with Crippen molar-refractivity contribution in [2.24, 2.45) is 0 Å². The second-order valence-corrected chi connectivity index (χ2v) is 2.65. The summed E-state index contributed by atoms with van der Waals surface area (Å²) in [5.41, 5.74) is 0. The second-order valence-electron chi connectivity index (χ2n) is 2.65. The summed E-state index contributed by atoms with van der Waals surface area (Å²) in [5.74, 6) is 2.59. The van der Waals surface area contributed by atoms with Crippen molar-refractivity contribution in [3.8, 4) is 12.3 Å². The van der Waals surface area contributed by atoms with Crippen LogP contribution in [0.25, 0.3) is 0 Å². The molecule has 1 unspecified atom stereocenters. The molecule has 0 aromatic heterocycles. The summed E-state index contributed by atoms with van der Waals surface area (Å²) in [5, 5.41) is 8.85. The predicted octanol–water partition coefficient (Wildman–Crippen LogP) is 0.0763. The maximum Gasteiger partial charge on any atom is 0.0602 e. The molecule has 1 heterocycles. The lowest BCUT2D eigenvalue weighted by atomic mass is 10.2. The summed E-state index contributed by atoms with van der Waals surface area (Å²) in [6.45, 7) is 1.99. The van der Waals surface area contributed by atoms with Crippen molar-refractivity contribution in [1.82, 2.24) is 4.90 Å². The minimum atomic E-state index is 0.252. The van der Waals surface area contributed by atoms with Gasteiger partial charge in [0.25, 0.3) is 0 Å². The molecule has 0 aromatic rings. The highest BCUT2D eigenvalue weighted by Gasteiger charge is 2.21. The molecule has 1 saturated heterocycles. The normalized spacial score (nSPS) is 26.6. The van der Waals surface area contributed by atoms with Crippen LogP contribution >= 0.6 is 0 Å². The quantitative estimate of drug-likeness (QED) is 0.547. The van der Waals surface area contributed by atoms with Crippen LogP contribution in [0.2, 0.25) is 0 Å². The molecule has 1 rings (SSSR count). The van der Waals surface area contributed by atoms with E-state index >= 15 is 0 Å². The van der Waals surface area contributed by atoms with Crippen LogP contribution in [0, 0.1) is 12.3 Å². The first-order valence-electron chi connectivity index (χ1n) is 3.67.